The lowest BCUT2D eigenvalue weighted by Gasteiger charge is -2.06. The zero-order chi connectivity index (χ0) is 13.8. The number of rotatable bonds is 5. The molecule has 0 bridgehead atoms. The molecule has 1 N–H and O–H groups in total. The van der Waals surface area contributed by atoms with E-state index in [0.717, 1.165) is 14.9 Å². The molecule has 0 saturated heterocycles. The van der Waals surface area contributed by atoms with E-state index in [-0.39, 0.29) is 5.91 Å². The van der Waals surface area contributed by atoms with Crippen LogP contribution in [0.5, 0.6) is 0 Å². The summed E-state index contributed by atoms with van der Waals surface area (Å²) < 4.78 is 6.99. The lowest BCUT2D eigenvalue weighted by Crippen LogP contribution is -2.24. The second-order valence-electron chi connectivity index (χ2n) is 3.69. The molecule has 2 aromatic rings. The van der Waals surface area contributed by atoms with E-state index in [4.69, 9.17) is 0 Å². The van der Waals surface area contributed by atoms with Gasteiger partial charge in [0.25, 0.3) is 5.91 Å². The van der Waals surface area contributed by atoms with Crippen LogP contribution in [0.25, 0.3) is 0 Å². The smallest absolute Gasteiger partial charge is 0.256 e. The third kappa shape index (κ3) is 3.13. The number of nitrogens with zero attached hydrogens (tertiary/aromatic N) is 3. The summed E-state index contributed by atoms with van der Waals surface area (Å²) in [6.45, 7) is 0.465. The van der Waals surface area contributed by atoms with Crippen molar-refractivity contribution < 1.29 is 4.79 Å². The van der Waals surface area contributed by atoms with E-state index in [1.54, 1.807) is 22.6 Å². The molecule has 102 valence electrons. The van der Waals surface area contributed by atoms with E-state index >= 15 is 0 Å². The van der Waals surface area contributed by atoms with Crippen LogP contribution >= 0.6 is 35.1 Å². The van der Waals surface area contributed by atoms with E-state index < -0.39 is 0 Å². The number of carbonyl (C=O) groups is 1. The predicted molar refractivity (Wildman–Crippen MR) is 80.1 cm³/mol. The van der Waals surface area contributed by atoms with Gasteiger partial charge in [0.1, 0.15) is 5.03 Å². The second kappa shape index (κ2) is 6.44. The van der Waals surface area contributed by atoms with Crippen molar-refractivity contribution in [3.63, 3.8) is 0 Å². The molecule has 2 rings (SSSR count). The molecule has 0 aliphatic rings. The zero-order valence-corrected chi connectivity index (χ0v) is 13.3. The Labute approximate surface area is 124 Å². The van der Waals surface area contributed by atoms with Gasteiger partial charge in [-0.05, 0) is 30.1 Å². The SMILES string of the molecule is CSc1nsc(SC)c1C(=O)NCc1ccnn1C. The molecule has 0 atom stereocenters. The van der Waals surface area contributed by atoms with Crippen molar-refractivity contribution in [3.8, 4) is 0 Å². The number of carbonyl (C=O) groups excluding carboxylic acids is 1. The van der Waals surface area contributed by atoms with Crippen LogP contribution in [0.2, 0.25) is 0 Å². The van der Waals surface area contributed by atoms with Crippen LogP contribution < -0.4 is 5.32 Å². The number of thioether (sulfide) groups is 2. The normalized spacial score (nSPS) is 10.7. The van der Waals surface area contributed by atoms with E-state index in [2.05, 4.69) is 14.8 Å². The second-order valence-corrected chi connectivity index (χ2v) is 6.33. The molecular formula is C11H14N4OS3. The minimum absolute atomic E-state index is 0.0800. The number of hydrogen-bond donors (Lipinski definition) is 1. The van der Waals surface area contributed by atoms with E-state index in [9.17, 15) is 4.79 Å². The minimum Gasteiger partial charge on any atom is -0.346 e. The molecular weight excluding hydrogens is 300 g/mol. The Balaban J connectivity index is 2.11. The van der Waals surface area contributed by atoms with E-state index in [1.807, 2.05) is 25.6 Å². The highest BCUT2D eigenvalue weighted by Crippen LogP contribution is 2.32. The van der Waals surface area contributed by atoms with Crippen LogP contribution in [-0.2, 0) is 13.6 Å². The third-order valence-corrected chi connectivity index (χ3v) is 5.33. The lowest BCUT2D eigenvalue weighted by atomic mass is 10.3. The fourth-order valence-corrected chi connectivity index (χ4v) is 3.84. The fraction of sp³-hybridized carbons (Fsp3) is 0.364. The van der Waals surface area contributed by atoms with Crippen molar-refractivity contribution in [3.05, 3.63) is 23.5 Å². The first-order valence-electron chi connectivity index (χ1n) is 5.50. The molecule has 0 radical (unpaired) electrons. The fourth-order valence-electron chi connectivity index (χ4n) is 1.56. The van der Waals surface area contributed by atoms with Gasteiger partial charge in [-0.15, -0.1) is 23.5 Å². The van der Waals surface area contributed by atoms with Crippen LogP contribution in [-0.4, -0.2) is 32.6 Å². The van der Waals surface area contributed by atoms with Gasteiger partial charge in [0.15, 0.2) is 0 Å². The van der Waals surface area contributed by atoms with Gasteiger partial charge in [-0.3, -0.25) is 9.48 Å². The molecule has 19 heavy (non-hydrogen) atoms. The maximum atomic E-state index is 12.3. The average Bonchev–Trinajstić information content (AvgIpc) is 3.01. The van der Waals surface area contributed by atoms with Crippen LogP contribution in [0.15, 0.2) is 21.5 Å². The summed E-state index contributed by atoms with van der Waals surface area (Å²) in [5.41, 5.74) is 1.65. The Kier molecular flexibility index (Phi) is 4.89. The molecule has 1 amide bonds. The Morgan fingerprint density at radius 1 is 1.47 bits per heavy atom. The molecule has 0 saturated carbocycles. The number of amides is 1. The Hall–Kier alpha value is -0.990. The molecule has 0 unspecified atom stereocenters. The van der Waals surface area contributed by atoms with Gasteiger partial charge in [-0.25, -0.2) is 0 Å². The topological polar surface area (TPSA) is 59.8 Å². The van der Waals surface area contributed by atoms with Crippen molar-refractivity contribution in [1.29, 1.82) is 0 Å². The molecule has 0 aromatic carbocycles. The van der Waals surface area contributed by atoms with Gasteiger partial charge in [-0.2, -0.15) is 9.47 Å². The summed E-state index contributed by atoms with van der Waals surface area (Å²) in [5.74, 6) is -0.0800. The highest BCUT2D eigenvalue weighted by molar-refractivity contribution is 8.01. The Morgan fingerprint density at radius 2 is 2.26 bits per heavy atom. The summed E-state index contributed by atoms with van der Waals surface area (Å²) in [7, 11) is 1.86. The molecule has 0 aliphatic heterocycles. The summed E-state index contributed by atoms with van der Waals surface area (Å²) in [6.07, 6.45) is 5.60. The van der Waals surface area contributed by atoms with Crippen molar-refractivity contribution >= 4 is 41.0 Å². The number of nitrogens with one attached hydrogen (secondary N) is 1. The van der Waals surface area contributed by atoms with Gasteiger partial charge in [-0.1, -0.05) is 0 Å². The lowest BCUT2D eigenvalue weighted by molar-refractivity contribution is 0.0944. The molecule has 2 heterocycles. The number of aryl methyl sites for hydroxylation is 1. The standard InChI is InChI=1S/C11H14N4OS3/c1-15-7(4-5-13-15)6-12-9(16)8-10(17-2)14-19-11(8)18-3/h4-5H,6H2,1-3H3,(H,12,16). The van der Waals surface area contributed by atoms with Gasteiger partial charge in [0, 0.05) is 13.2 Å². The first-order valence-corrected chi connectivity index (χ1v) is 8.72. The molecule has 5 nitrogen and oxygen atoms in total. The van der Waals surface area contributed by atoms with Crippen LogP contribution in [0.4, 0.5) is 0 Å². The zero-order valence-electron chi connectivity index (χ0n) is 10.8. The average molecular weight is 314 g/mol. The molecule has 0 aliphatic carbocycles. The summed E-state index contributed by atoms with van der Waals surface area (Å²) >= 11 is 4.41. The minimum atomic E-state index is -0.0800. The number of aromatic nitrogens is 3. The van der Waals surface area contributed by atoms with Crippen molar-refractivity contribution in [2.75, 3.05) is 12.5 Å². The quantitative estimate of drug-likeness (QED) is 0.858. The van der Waals surface area contributed by atoms with E-state index in [1.165, 1.54) is 23.3 Å². The monoisotopic (exact) mass is 314 g/mol. The Morgan fingerprint density at radius 3 is 2.84 bits per heavy atom. The van der Waals surface area contributed by atoms with Gasteiger partial charge in [0.05, 0.1) is 22.0 Å². The van der Waals surface area contributed by atoms with Crippen LogP contribution in [0.1, 0.15) is 16.1 Å². The number of hydrogen-bond acceptors (Lipinski definition) is 6. The predicted octanol–water partition coefficient (Wildman–Crippen LogP) is 2.25. The highest BCUT2D eigenvalue weighted by atomic mass is 32.2. The summed E-state index contributed by atoms with van der Waals surface area (Å²) in [5, 5.41) is 7.78. The van der Waals surface area contributed by atoms with Crippen molar-refractivity contribution in [2.45, 2.75) is 15.8 Å². The molecule has 0 fully saturated rings. The van der Waals surface area contributed by atoms with Crippen molar-refractivity contribution in [2.24, 2.45) is 7.05 Å². The first kappa shape index (κ1) is 14.4. The summed E-state index contributed by atoms with van der Waals surface area (Å²) in [4.78, 5) is 12.3. The molecule has 8 heteroatoms. The first-order chi connectivity index (χ1) is 9.17. The summed E-state index contributed by atoms with van der Waals surface area (Å²) in [6, 6.07) is 1.89. The maximum absolute atomic E-state index is 12.3. The molecule has 2 aromatic heterocycles. The highest BCUT2D eigenvalue weighted by Gasteiger charge is 2.19. The van der Waals surface area contributed by atoms with Crippen molar-refractivity contribution in [1.82, 2.24) is 19.5 Å². The van der Waals surface area contributed by atoms with Gasteiger partial charge in [0.2, 0.25) is 0 Å². The van der Waals surface area contributed by atoms with Gasteiger partial charge >= 0.3 is 0 Å². The van der Waals surface area contributed by atoms with Crippen LogP contribution in [0, 0.1) is 0 Å². The van der Waals surface area contributed by atoms with Gasteiger partial charge < -0.3 is 5.32 Å². The van der Waals surface area contributed by atoms with E-state index in [0.29, 0.717) is 12.1 Å². The third-order valence-electron chi connectivity index (χ3n) is 2.59. The van der Waals surface area contributed by atoms with Crippen LogP contribution in [0.3, 0.4) is 0 Å². The molecule has 0 spiro atoms. The maximum Gasteiger partial charge on any atom is 0.256 e. The Bertz CT molecular complexity index is 557. The largest absolute Gasteiger partial charge is 0.346 e.